The SMILES string of the molecule is O=C(NC1CCCC1CO)c1cc2c(s1)CCCCCC2. The fourth-order valence-corrected chi connectivity index (χ4v) is 4.80. The van der Waals surface area contributed by atoms with Gasteiger partial charge in [0, 0.05) is 23.4 Å². The largest absolute Gasteiger partial charge is 0.396 e. The Morgan fingerprint density at radius 3 is 2.81 bits per heavy atom. The number of nitrogens with one attached hydrogen (secondary N) is 1. The van der Waals surface area contributed by atoms with Crippen LogP contribution in [0.25, 0.3) is 0 Å². The zero-order chi connectivity index (χ0) is 14.7. The Balaban J connectivity index is 1.68. The number of aliphatic hydroxyl groups excluding tert-OH is 1. The molecule has 0 aromatic carbocycles. The number of amides is 1. The molecule has 2 unspecified atom stereocenters. The summed E-state index contributed by atoms with van der Waals surface area (Å²) in [7, 11) is 0. The smallest absolute Gasteiger partial charge is 0.261 e. The Morgan fingerprint density at radius 2 is 2.00 bits per heavy atom. The first-order valence-corrected chi connectivity index (χ1v) is 9.13. The van der Waals surface area contributed by atoms with Gasteiger partial charge in [-0.2, -0.15) is 0 Å². The number of hydrogen-bond donors (Lipinski definition) is 2. The zero-order valence-corrected chi connectivity index (χ0v) is 13.4. The van der Waals surface area contributed by atoms with E-state index < -0.39 is 0 Å². The molecule has 1 fully saturated rings. The average molecular weight is 307 g/mol. The van der Waals surface area contributed by atoms with Crippen LogP contribution in [0.3, 0.4) is 0 Å². The molecule has 0 radical (unpaired) electrons. The fourth-order valence-electron chi connectivity index (χ4n) is 3.64. The van der Waals surface area contributed by atoms with Crippen LogP contribution in [0.4, 0.5) is 0 Å². The number of carbonyl (C=O) groups is 1. The van der Waals surface area contributed by atoms with Crippen molar-refractivity contribution in [1.29, 1.82) is 0 Å². The van der Waals surface area contributed by atoms with Crippen molar-refractivity contribution in [3.63, 3.8) is 0 Å². The van der Waals surface area contributed by atoms with Crippen LogP contribution < -0.4 is 5.32 Å². The highest BCUT2D eigenvalue weighted by molar-refractivity contribution is 7.14. The lowest BCUT2D eigenvalue weighted by Gasteiger charge is -2.18. The van der Waals surface area contributed by atoms with E-state index in [-0.39, 0.29) is 24.5 Å². The lowest BCUT2D eigenvalue weighted by atomic mass is 9.99. The molecule has 21 heavy (non-hydrogen) atoms. The van der Waals surface area contributed by atoms with Crippen molar-refractivity contribution in [3.05, 3.63) is 21.4 Å². The molecule has 1 aromatic heterocycles. The number of rotatable bonds is 3. The first-order valence-electron chi connectivity index (χ1n) is 8.31. The molecule has 0 aliphatic heterocycles. The number of thiophene rings is 1. The first kappa shape index (κ1) is 15.0. The van der Waals surface area contributed by atoms with E-state index in [1.807, 2.05) is 0 Å². The van der Waals surface area contributed by atoms with E-state index in [2.05, 4.69) is 11.4 Å². The topological polar surface area (TPSA) is 49.3 Å². The highest BCUT2D eigenvalue weighted by Gasteiger charge is 2.28. The van der Waals surface area contributed by atoms with Crippen LogP contribution in [0.2, 0.25) is 0 Å². The molecule has 0 bridgehead atoms. The molecular formula is C17H25NO2S. The molecule has 116 valence electrons. The van der Waals surface area contributed by atoms with Gasteiger partial charge < -0.3 is 10.4 Å². The van der Waals surface area contributed by atoms with Crippen molar-refractivity contribution in [2.45, 2.75) is 63.8 Å². The van der Waals surface area contributed by atoms with Gasteiger partial charge in [0.15, 0.2) is 0 Å². The second kappa shape index (κ2) is 6.93. The Morgan fingerprint density at radius 1 is 1.19 bits per heavy atom. The van der Waals surface area contributed by atoms with Gasteiger partial charge in [-0.05, 0) is 50.2 Å². The number of hydrogen-bond acceptors (Lipinski definition) is 3. The van der Waals surface area contributed by atoms with E-state index in [9.17, 15) is 9.90 Å². The van der Waals surface area contributed by atoms with E-state index in [0.717, 1.165) is 37.0 Å². The highest BCUT2D eigenvalue weighted by atomic mass is 32.1. The summed E-state index contributed by atoms with van der Waals surface area (Å²) in [5.41, 5.74) is 1.40. The number of aryl methyl sites for hydroxylation is 2. The third kappa shape index (κ3) is 3.49. The van der Waals surface area contributed by atoms with Gasteiger partial charge in [0.05, 0.1) is 4.88 Å². The lowest BCUT2D eigenvalue weighted by Crippen LogP contribution is -2.38. The Labute approximate surface area is 130 Å². The molecule has 1 aromatic rings. The van der Waals surface area contributed by atoms with Crippen LogP contribution in [0, 0.1) is 5.92 Å². The molecule has 4 heteroatoms. The molecule has 0 saturated heterocycles. The average Bonchev–Trinajstić information content (AvgIpc) is 3.05. The minimum Gasteiger partial charge on any atom is -0.396 e. The predicted octanol–water partition coefficient (Wildman–Crippen LogP) is 3.30. The predicted molar refractivity (Wildman–Crippen MR) is 85.9 cm³/mol. The van der Waals surface area contributed by atoms with Crippen LogP contribution in [-0.2, 0) is 12.8 Å². The van der Waals surface area contributed by atoms with Crippen molar-refractivity contribution in [1.82, 2.24) is 5.32 Å². The van der Waals surface area contributed by atoms with Crippen LogP contribution >= 0.6 is 11.3 Å². The van der Waals surface area contributed by atoms with E-state index >= 15 is 0 Å². The molecule has 3 nitrogen and oxygen atoms in total. The van der Waals surface area contributed by atoms with Crippen LogP contribution in [0.15, 0.2) is 6.07 Å². The summed E-state index contributed by atoms with van der Waals surface area (Å²) in [6.45, 7) is 0.186. The zero-order valence-electron chi connectivity index (χ0n) is 12.6. The molecule has 2 aliphatic carbocycles. The Hall–Kier alpha value is -0.870. The maximum Gasteiger partial charge on any atom is 0.261 e. The molecule has 0 spiro atoms. The van der Waals surface area contributed by atoms with Gasteiger partial charge >= 0.3 is 0 Å². The van der Waals surface area contributed by atoms with Crippen molar-refractivity contribution >= 4 is 17.2 Å². The molecule has 1 amide bonds. The second-order valence-electron chi connectivity index (χ2n) is 6.43. The van der Waals surface area contributed by atoms with Gasteiger partial charge in [-0.15, -0.1) is 11.3 Å². The minimum atomic E-state index is 0.0668. The molecule has 1 heterocycles. The van der Waals surface area contributed by atoms with Crippen molar-refractivity contribution < 1.29 is 9.90 Å². The molecule has 1 saturated carbocycles. The van der Waals surface area contributed by atoms with Crippen LogP contribution in [0.1, 0.15) is 65.1 Å². The summed E-state index contributed by atoms with van der Waals surface area (Å²) < 4.78 is 0. The quantitative estimate of drug-likeness (QED) is 0.900. The summed E-state index contributed by atoms with van der Waals surface area (Å²) in [6.07, 6.45) is 10.5. The molecule has 2 N–H and O–H groups in total. The summed E-state index contributed by atoms with van der Waals surface area (Å²) in [4.78, 5) is 14.8. The van der Waals surface area contributed by atoms with Gasteiger partial charge in [-0.3, -0.25) is 4.79 Å². The monoisotopic (exact) mass is 307 g/mol. The van der Waals surface area contributed by atoms with Gasteiger partial charge in [0.25, 0.3) is 5.91 Å². The number of fused-ring (bicyclic) bond motifs is 1. The Bertz CT molecular complexity index is 471. The maximum absolute atomic E-state index is 12.5. The fraction of sp³-hybridized carbons (Fsp3) is 0.706. The second-order valence-corrected chi connectivity index (χ2v) is 7.56. The summed E-state index contributed by atoms with van der Waals surface area (Å²) in [5, 5.41) is 12.5. The van der Waals surface area contributed by atoms with Crippen molar-refractivity contribution in [2.75, 3.05) is 6.61 Å². The molecule has 2 aliphatic rings. The van der Waals surface area contributed by atoms with E-state index in [4.69, 9.17) is 0 Å². The van der Waals surface area contributed by atoms with Gasteiger partial charge in [0.1, 0.15) is 0 Å². The standard InChI is InChI=1S/C17H25NO2S/c19-11-13-7-5-8-14(13)18-17(20)16-10-12-6-3-1-2-4-9-15(12)21-16/h10,13-14,19H,1-9,11H2,(H,18,20). The van der Waals surface area contributed by atoms with E-state index in [0.29, 0.717) is 0 Å². The molecule has 2 atom stereocenters. The van der Waals surface area contributed by atoms with Gasteiger partial charge in [-0.1, -0.05) is 19.3 Å². The summed E-state index contributed by atoms with van der Waals surface area (Å²) in [5.74, 6) is 0.312. The Kier molecular flexibility index (Phi) is 4.96. The van der Waals surface area contributed by atoms with E-state index in [1.165, 1.54) is 36.1 Å². The highest BCUT2D eigenvalue weighted by Crippen LogP contribution is 2.30. The molecular weight excluding hydrogens is 282 g/mol. The van der Waals surface area contributed by atoms with E-state index in [1.54, 1.807) is 11.3 Å². The number of carbonyl (C=O) groups excluding carboxylic acids is 1. The summed E-state index contributed by atoms with van der Waals surface area (Å²) in [6, 6.07) is 2.27. The lowest BCUT2D eigenvalue weighted by molar-refractivity contribution is 0.0920. The normalized spacial score (nSPS) is 26.0. The summed E-state index contributed by atoms with van der Waals surface area (Å²) >= 11 is 1.68. The maximum atomic E-state index is 12.5. The van der Waals surface area contributed by atoms with Gasteiger partial charge in [-0.25, -0.2) is 0 Å². The van der Waals surface area contributed by atoms with Crippen LogP contribution in [-0.4, -0.2) is 23.7 Å². The van der Waals surface area contributed by atoms with Crippen LogP contribution in [0.5, 0.6) is 0 Å². The van der Waals surface area contributed by atoms with Crippen molar-refractivity contribution in [3.8, 4) is 0 Å². The van der Waals surface area contributed by atoms with Gasteiger partial charge in [0.2, 0.25) is 0 Å². The first-order chi connectivity index (χ1) is 10.3. The molecule has 3 rings (SSSR count). The number of aliphatic hydroxyl groups is 1. The third-order valence-electron chi connectivity index (χ3n) is 4.93. The minimum absolute atomic E-state index is 0.0668. The van der Waals surface area contributed by atoms with Crippen molar-refractivity contribution in [2.24, 2.45) is 5.92 Å². The third-order valence-corrected chi connectivity index (χ3v) is 6.17.